The van der Waals surface area contributed by atoms with E-state index < -0.39 is 22.1 Å². The van der Waals surface area contributed by atoms with Crippen molar-refractivity contribution in [2.75, 3.05) is 45.3 Å². The van der Waals surface area contributed by atoms with E-state index in [1.165, 1.54) is 9.21 Å². The van der Waals surface area contributed by atoms with Crippen molar-refractivity contribution in [1.82, 2.24) is 0 Å². The lowest BCUT2D eigenvalue weighted by atomic mass is 10.2. The fourth-order valence-electron chi connectivity index (χ4n) is 3.31. The van der Waals surface area contributed by atoms with Gasteiger partial charge in [0, 0.05) is 23.6 Å². The molecule has 29 heavy (non-hydrogen) atoms. The molecule has 0 bridgehead atoms. The first-order chi connectivity index (χ1) is 13.9. The SMILES string of the molecule is O=C(Nc1ccc(N2CCCS2(=O)=O)cc1)Nc1cccc(N2CCOC2=O)c1. The topological polar surface area (TPSA) is 108 Å². The predicted molar refractivity (Wildman–Crippen MR) is 110 cm³/mol. The Hall–Kier alpha value is -3.27. The molecule has 0 radical (unpaired) electrons. The minimum absolute atomic E-state index is 0.156. The van der Waals surface area contributed by atoms with Crippen LogP contribution in [-0.2, 0) is 14.8 Å². The second kappa shape index (κ2) is 7.63. The van der Waals surface area contributed by atoms with Crippen LogP contribution in [0.15, 0.2) is 48.5 Å². The first-order valence-electron chi connectivity index (χ1n) is 9.15. The van der Waals surface area contributed by atoms with Gasteiger partial charge in [0.25, 0.3) is 0 Å². The molecule has 0 atom stereocenters. The molecule has 0 aliphatic carbocycles. The van der Waals surface area contributed by atoms with Crippen LogP contribution in [0.4, 0.5) is 32.3 Å². The van der Waals surface area contributed by atoms with Gasteiger partial charge in [-0.2, -0.15) is 0 Å². The minimum atomic E-state index is -3.24. The number of benzene rings is 2. The average Bonchev–Trinajstić information content (AvgIpc) is 3.27. The Labute approximate surface area is 168 Å². The Morgan fingerprint density at radius 3 is 2.38 bits per heavy atom. The molecule has 2 aliphatic heterocycles. The molecule has 2 fully saturated rings. The molecule has 2 aliphatic rings. The van der Waals surface area contributed by atoms with Gasteiger partial charge < -0.3 is 15.4 Å². The number of cyclic esters (lactones) is 1. The molecule has 0 saturated carbocycles. The molecular formula is C19H20N4O5S. The number of carbonyl (C=O) groups excluding carboxylic acids is 2. The lowest BCUT2D eigenvalue weighted by molar-refractivity contribution is 0.181. The third kappa shape index (κ3) is 4.11. The van der Waals surface area contributed by atoms with E-state index >= 15 is 0 Å². The summed E-state index contributed by atoms with van der Waals surface area (Å²) in [5.74, 6) is 0.156. The normalized spacial score (nSPS) is 17.9. The van der Waals surface area contributed by atoms with Crippen molar-refractivity contribution in [1.29, 1.82) is 0 Å². The molecule has 2 saturated heterocycles. The number of anilines is 4. The number of amides is 3. The van der Waals surface area contributed by atoms with Crippen molar-refractivity contribution in [2.45, 2.75) is 6.42 Å². The molecular weight excluding hydrogens is 396 g/mol. The van der Waals surface area contributed by atoms with E-state index in [9.17, 15) is 18.0 Å². The molecule has 2 N–H and O–H groups in total. The van der Waals surface area contributed by atoms with Crippen LogP contribution in [0.1, 0.15) is 6.42 Å². The largest absolute Gasteiger partial charge is 0.447 e. The Morgan fingerprint density at radius 1 is 0.966 bits per heavy atom. The fraction of sp³-hybridized carbons (Fsp3) is 0.263. The van der Waals surface area contributed by atoms with Crippen LogP contribution in [0.3, 0.4) is 0 Å². The maximum absolute atomic E-state index is 12.3. The van der Waals surface area contributed by atoms with Crippen LogP contribution in [0, 0.1) is 0 Å². The maximum Gasteiger partial charge on any atom is 0.414 e. The Morgan fingerprint density at radius 2 is 1.72 bits per heavy atom. The first-order valence-corrected chi connectivity index (χ1v) is 10.8. The summed E-state index contributed by atoms with van der Waals surface area (Å²) in [4.78, 5) is 25.5. The number of urea groups is 1. The highest BCUT2D eigenvalue weighted by molar-refractivity contribution is 7.93. The van der Waals surface area contributed by atoms with Gasteiger partial charge in [-0.15, -0.1) is 0 Å². The standard InChI is InChI=1S/C19H20N4O5S/c24-18(21-15-3-1-4-17(13-15)22-10-11-28-19(22)25)20-14-5-7-16(8-6-14)23-9-2-12-29(23,26)27/h1,3-8,13H,2,9-12H2,(H2,20,21,24). The van der Waals surface area contributed by atoms with Crippen molar-refractivity contribution < 1.29 is 22.7 Å². The van der Waals surface area contributed by atoms with Crippen LogP contribution in [-0.4, -0.2) is 46.0 Å². The summed E-state index contributed by atoms with van der Waals surface area (Å²) >= 11 is 0. The molecule has 2 aromatic rings. The highest BCUT2D eigenvalue weighted by atomic mass is 32.2. The number of sulfonamides is 1. The van der Waals surface area contributed by atoms with Gasteiger partial charge in [0.05, 0.1) is 18.0 Å². The molecule has 0 unspecified atom stereocenters. The van der Waals surface area contributed by atoms with Crippen LogP contribution < -0.4 is 19.8 Å². The van der Waals surface area contributed by atoms with Gasteiger partial charge in [0.1, 0.15) is 6.61 Å². The van der Waals surface area contributed by atoms with Gasteiger partial charge in [-0.25, -0.2) is 18.0 Å². The molecule has 2 heterocycles. The molecule has 4 rings (SSSR count). The van der Waals surface area contributed by atoms with E-state index in [4.69, 9.17) is 4.74 Å². The second-order valence-electron chi connectivity index (χ2n) is 6.68. The summed E-state index contributed by atoms with van der Waals surface area (Å²) < 4.78 is 30.3. The van der Waals surface area contributed by atoms with Crippen molar-refractivity contribution in [3.05, 3.63) is 48.5 Å². The quantitative estimate of drug-likeness (QED) is 0.797. The third-order valence-electron chi connectivity index (χ3n) is 4.69. The minimum Gasteiger partial charge on any atom is -0.447 e. The zero-order valence-corrected chi connectivity index (χ0v) is 16.3. The van der Waals surface area contributed by atoms with Gasteiger partial charge in [0.2, 0.25) is 10.0 Å². The first kappa shape index (κ1) is 19.1. The lowest BCUT2D eigenvalue weighted by Crippen LogP contribution is -2.25. The van der Waals surface area contributed by atoms with Crippen molar-refractivity contribution >= 4 is 44.9 Å². The number of ether oxygens (including phenoxy) is 1. The monoisotopic (exact) mass is 416 g/mol. The smallest absolute Gasteiger partial charge is 0.414 e. The zero-order valence-electron chi connectivity index (χ0n) is 15.5. The number of hydrogen-bond donors (Lipinski definition) is 2. The maximum atomic E-state index is 12.3. The molecule has 10 heteroatoms. The van der Waals surface area contributed by atoms with E-state index in [1.807, 2.05) is 0 Å². The summed E-state index contributed by atoms with van der Waals surface area (Å²) in [6.45, 7) is 1.27. The molecule has 3 amide bonds. The number of hydrogen-bond acceptors (Lipinski definition) is 5. The van der Waals surface area contributed by atoms with Gasteiger partial charge in [0.15, 0.2) is 0 Å². The Bertz CT molecular complexity index is 1040. The second-order valence-corrected chi connectivity index (χ2v) is 8.70. The van der Waals surface area contributed by atoms with Crippen LogP contribution in [0.25, 0.3) is 0 Å². The van der Waals surface area contributed by atoms with Crippen LogP contribution >= 0.6 is 0 Å². The molecule has 2 aromatic carbocycles. The summed E-state index contributed by atoms with van der Waals surface area (Å²) in [6, 6.07) is 13.1. The Kier molecular flexibility index (Phi) is 5.01. The van der Waals surface area contributed by atoms with Crippen LogP contribution in [0.5, 0.6) is 0 Å². The zero-order chi connectivity index (χ0) is 20.4. The van der Waals surface area contributed by atoms with Crippen molar-refractivity contribution in [2.24, 2.45) is 0 Å². The molecule has 0 aromatic heterocycles. The molecule has 0 spiro atoms. The predicted octanol–water partition coefficient (Wildman–Crippen LogP) is 2.83. The van der Waals surface area contributed by atoms with E-state index in [0.29, 0.717) is 48.9 Å². The fourth-order valence-corrected chi connectivity index (χ4v) is 4.88. The average molecular weight is 416 g/mol. The van der Waals surface area contributed by atoms with E-state index in [-0.39, 0.29) is 5.75 Å². The highest BCUT2D eigenvalue weighted by Gasteiger charge is 2.28. The number of rotatable bonds is 4. The number of carbonyl (C=O) groups is 2. The summed E-state index contributed by atoms with van der Waals surface area (Å²) in [7, 11) is -3.24. The molecule has 152 valence electrons. The van der Waals surface area contributed by atoms with E-state index in [2.05, 4.69) is 10.6 Å². The summed E-state index contributed by atoms with van der Waals surface area (Å²) in [6.07, 6.45) is 0.200. The number of nitrogens with one attached hydrogen (secondary N) is 2. The summed E-state index contributed by atoms with van der Waals surface area (Å²) in [5, 5.41) is 5.42. The van der Waals surface area contributed by atoms with E-state index in [1.54, 1.807) is 48.5 Å². The number of nitrogens with zero attached hydrogens (tertiary/aromatic N) is 2. The van der Waals surface area contributed by atoms with Gasteiger partial charge >= 0.3 is 12.1 Å². The highest BCUT2D eigenvalue weighted by Crippen LogP contribution is 2.26. The van der Waals surface area contributed by atoms with Crippen molar-refractivity contribution in [3.63, 3.8) is 0 Å². The van der Waals surface area contributed by atoms with Gasteiger partial charge in [-0.1, -0.05) is 6.07 Å². The van der Waals surface area contributed by atoms with Gasteiger partial charge in [-0.3, -0.25) is 9.21 Å². The Balaban J connectivity index is 1.39. The van der Waals surface area contributed by atoms with Crippen molar-refractivity contribution in [3.8, 4) is 0 Å². The molecule has 9 nitrogen and oxygen atoms in total. The summed E-state index contributed by atoms with van der Waals surface area (Å²) in [5.41, 5.74) is 2.28. The van der Waals surface area contributed by atoms with E-state index in [0.717, 1.165) is 0 Å². The van der Waals surface area contributed by atoms with Crippen LogP contribution in [0.2, 0.25) is 0 Å². The third-order valence-corrected chi connectivity index (χ3v) is 6.56. The van der Waals surface area contributed by atoms with Gasteiger partial charge in [-0.05, 0) is 48.9 Å². The lowest BCUT2D eigenvalue weighted by Gasteiger charge is -2.17.